The average molecular weight is 305 g/mol. The zero-order valence-electron chi connectivity index (χ0n) is 12.2. The minimum atomic E-state index is -3.21. The fraction of sp³-hybridized carbons (Fsp3) is 0.769. The summed E-state index contributed by atoms with van der Waals surface area (Å²) in [6.45, 7) is 9.38. The average Bonchev–Trinajstić information content (AvgIpc) is 2.61. The maximum Gasteiger partial charge on any atom is 0.156 e. The Kier molecular flexibility index (Phi) is 4.80. The zero-order valence-corrected chi connectivity index (χ0v) is 13.9. The Labute approximate surface area is 119 Å². The number of aliphatic hydroxyl groups is 1. The molecule has 0 aliphatic rings. The van der Waals surface area contributed by atoms with Crippen LogP contribution in [0.25, 0.3) is 0 Å². The number of hydrogen-bond donors (Lipinski definition) is 1. The van der Waals surface area contributed by atoms with Crippen molar-refractivity contribution in [1.29, 1.82) is 0 Å². The highest BCUT2D eigenvalue weighted by molar-refractivity contribution is 7.90. The van der Waals surface area contributed by atoms with E-state index in [2.05, 4.69) is 25.8 Å². The van der Waals surface area contributed by atoms with E-state index in [-0.39, 0.29) is 23.3 Å². The van der Waals surface area contributed by atoms with Gasteiger partial charge in [-0.05, 0) is 20.3 Å². The summed E-state index contributed by atoms with van der Waals surface area (Å²) >= 11 is 1.38. The van der Waals surface area contributed by atoms with Gasteiger partial charge in [0.05, 0.1) is 17.0 Å². The first-order valence-corrected chi connectivity index (χ1v) is 8.97. The molecule has 0 radical (unpaired) electrons. The summed E-state index contributed by atoms with van der Waals surface area (Å²) in [5, 5.41) is 12.1. The van der Waals surface area contributed by atoms with E-state index in [0.29, 0.717) is 5.01 Å². The molecule has 0 fully saturated rings. The molecule has 1 N–H and O–H groups in total. The second kappa shape index (κ2) is 5.50. The molecule has 1 aromatic heterocycles. The molecule has 4 nitrogen and oxygen atoms in total. The fourth-order valence-corrected chi connectivity index (χ4v) is 4.40. The van der Waals surface area contributed by atoms with E-state index in [4.69, 9.17) is 0 Å². The first-order chi connectivity index (χ1) is 8.39. The van der Waals surface area contributed by atoms with Crippen LogP contribution in [0.2, 0.25) is 0 Å². The fourth-order valence-electron chi connectivity index (χ4n) is 1.39. The lowest BCUT2D eigenvalue weighted by molar-refractivity contribution is 0.0772. The van der Waals surface area contributed by atoms with Crippen LogP contribution in [0, 0.1) is 0 Å². The lowest BCUT2D eigenvalue weighted by atomic mass is 9.93. The van der Waals surface area contributed by atoms with E-state index >= 15 is 0 Å². The molecule has 19 heavy (non-hydrogen) atoms. The highest BCUT2D eigenvalue weighted by Crippen LogP contribution is 2.25. The SMILES string of the molecule is CC(C)(O)CCS(=O)(=O)Cc1nc(C(C)(C)C)cs1. The monoisotopic (exact) mass is 305 g/mol. The third-order valence-corrected chi connectivity index (χ3v) is 5.26. The van der Waals surface area contributed by atoms with Gasteiger partial charge in [-0.2, -0.15) is 0 Å². The van der Waals surface area contributed by atoms with Gasteiger partial charge in [-0.15, -0.1) is 11.3 Å². The molecule has 1 rings (SSSR count). The van der Waals surface area contributed by atoms with Crippen molar-refractivity contribution < 1.29 is 13.5 Å². The van der Waals surface area contributed by atoms with Gasteiger partial charge in [0.15, 0.2) is 9.84 Å². The van der Waals surface area contributed by atoms with Crippen LogP contribution in [0.1, 0.15) is 51.7 Å². The van der Waals surface area contributed by atoms with E-state index in [1.54, 1.807) is 13.8 Å². The molecule has 0 aromatic carbocycles. The van der Waals surface area contributed by atoms with Crippen LogP contribution in [0.3, 0.4) is 0 Å². The molecule has 0 bridgehead atoms. The predicted octanol–water partition coefficient (Wildman–Crippen LogP) is 2.52. The van der Waals surface area contributed by atoms with Gasteiger partial charge < -0.3 is 5.11 Å². The summed E-state index contributed by atoms with van der Waals surface area (Å²) in [5.74, 6) is -0.0508. The number of hydrogen-bond acceptors (Lipinski definition) is 5. The highest BCUT2D eigenvalue weighted by Gasteiger charge is 2.22. The molecule has 0 atom stereocenters. The second-order valence-electron chi connectivity index (χ2n) is 6.53. The Bertz CT molecular complexity index is 519. The Morgan fingerprint density at radius 2 is 1.84 bits per heavy atom. The molecule has 0 saturated carbocycles. The Morgan fingerprint density at radius 1 is 1.26 bits per heavy atom. The van der Waals surface area contributed by atoms with Gasteiger partial charge in [-0.1, -0.05) is 20.8 Å². The Hall–Kier alpha value is -0.460. The summed E-state index contributed by atoms with van der Waals surface area (Å²) in [4.78, 5) is 4.39. The summed E-state index contributed by atoms with van der Waals surface area (Å²) in [5.41, 5.74) is -0.0943. The van der Waals surface area contributed by atoms with E-state index in [9.17, 15) is 13.5 Å². The topological polar surface area (TPSA) is 67.3 Å². The molecule has 0 aliphatic heterocycles. The van der Waals surface area contributed by atoms with Crippen molar-refractivity contribution in [3.8, 4) is 0 Å². The quantitative estimate of drug-likeness (QED) is 0.907. The minimum Gasteiger partial charge on any atom is -0.390 e. The molecular weight excluding hydrogens is 282 g/mol. The van der Waals surface area contributed by atoms with Gasteiger partial charge in [-0.3, -0.25) is 0 Å². The normalized spacial score (nSPS) is 13.8. The molecule has 0 saturated heterocycles. The van der Waals surface area contributed by atoms with Gasteiger partial charge in [0.2, 0.25) is 0 Å². The molecular formula is C13H23NO3S2. The van der Waals surface area contributed by atoms with Crippen molar-refractivity contribution in [2.24, 2.45) is 0 Å². The molecule has 0 unspecified atom stereocenters. The third kappa shape index (κ3) is 6.01. The number of sulfone groups is 1. The molecule has 0 amide bonds. The molecule has 1 heterocycles. The maximum atomic E-state index is 12.0. The zero-order chi connectivity index (χ0) is 14.9. The van der Waals surface area contributed by atoms with Crippen LogP contribution in [0.15, 0.2) is 5.38 Å². The summed E-state index contributed by atoms with van der Waals surface area (Å²) in [6.07, 6.45) is 0.243. The van der Waals surface area contributed by atoms with Crippen molar-refractivity contribution in [1.82, 2.24) is 4.98 Å². The van der Waals surface area contributed by atoms with Crippen molar-refractivity contribution in [3.63, 3.8) is 0 Å². The van der Waals surface area contributed by atoms with E-state index < -0.39 is 15.4 Å². The summed E-state index contributed by atoms with van der Waals surface area (Å²) in [7, 11) is -3.21. The standard InChI is InChI=1S/C13H23NO3S2/c1-12(2,3)10-8-18-11(14-10)9-19(16,17)7-6-13(4,5)15/h8,15H,6-7,9H2,1-5H3. The molecule has 6 heteroatoms. The van der Waals surface area contributed by atoms with E-state index in [1.807, 2.05) is 5.38 Å². The first kappa shape index (κ1) is 16.6. The van der Waals surface area contributed by atoms with Gasteiger partial charge in [-0.25, -0.2) is 13.4 Å². The maximum absolute atomic E-state index is 12.0. The van der Waals surface area contributed by atoms with Crippen LogP contribution in [0.4, 0.5) is 0 Å². The Balaban J connectivity index is 2.71. The third-order valence-electron chi connectivity index (χ3n) is 2.69. The van der Waals surface area contributed by atoms with Crippen LogP contribution in [-0.2, 0) is 21.0 Å². The lowest BCUT2D eigenvalue weighted by Gasteiger charge is -2.16. The molecule has 1 aromatic rings. The van der Waals surface area contributed by atoms with Crippen LogP contribution >= 0.6 is 11.3 Å². The van der Waals surface area contributed by atoms with Crippen molar-refractivity contribution in [2.75, 3.05) is 5.75 Å². The lowest BCUT2D eigenvalue weighted by Crippen LogP contribution is -2.24. The molecule has 110 valence electrons. The molecule has 0 spiro atoms. The Morgan fingerprint density at radius 3 is 2.26 bits per heavy atom. The van der Waals surface area contributed by atoms with E-state index in [0.717, 1.165) is 5.69 Å². The largest absolute Gasteiger partial charge is 0.390 e. The summed E-state index contributed by atoms with van der Waals surface area (Å²) < 4.78 is 23.9. The van der Waals surface area contributed by atoms with E-state index in [1.165, 1.54) is 11.3 Å². The van der Waals surface area contributed by atoms with Gasteiger partial charge in [0.25, 0.3) is 0 Å². The summed E-state index contributed by atoms with van der Waals surface area (Å²) in [6, 6.07) is 0. The van der Waals surface area contributed by atoms with Gasteiger partial charge >= 0.3 is 0 Å². The smallest absolute Gasteiger partial charge is 0.156 e. The number of nitrogens with zero attached hydrogens (tertiary/aromatic N) is 1. The molecule has 0 aliphatic carbocycles. The first-order valence-electron chi connectivity index (χ1n) is 6.27. The second-order valence-corrected chi connectivity index (χ2v) is 9.66. The van der Waals surface area contributed by atoms with Crippen LogP contribution < -0.4 is 0 Å². The number of rotatable bonds is 5. The number of thiazole rings is 1. The van der Waals surface area contributed by atoms with Crippen molar-refractivity contribution in [2.45, 2.75) is 57.8 Å². The van der Waals surface area contributed by atoms with Crippen molar-refractivity contribution >= 4 is 21.2 Å². The van der Waals surface area contributed by atoms with Gasteiger partial charge in [0, 0.05) is 10.8 Å². The van der Waals surface area contributed by atoms with Gasteiger partial charge in [0.1, 0.15) is 10.8 Å². The minimum absolute atomic E-state index is 0.0130. The van der Waals surface area contributed by atoms with Crippen LogP contribution in [-0.4, -0.2) is 29.9 Å². The highest BCUT2D eigenvalue weighted by atomic mass is 32.2. The number of aromatic nitrogens is 1. The predicted molar refractivity (Wildman–Crippen MR) is 79.2 cm³/mol. The van der Waals surface area contributed by atoms with Crippen molar-refractivity contribution in [3.05, 3.63) is 16.1 Å². The van der Waals surface area contributed by atoms with Crippen LogP contribution in [0.5, 0.6) is 0 Å².